The highest BCUT2D eigenvalue weighted by Gasteiger charge is 2.48. The van der Waals surface area contributed by atoms with Crippen LogP contribution in [-0.4, -0.2) is 49.4 Å². The number of anilines is 2. The first kappa shape index (κ1) is 35.4. The van der Waals surface area contributed by atoms with Crippen LogP contribution in [0.1, 0.15) is 96.1 Å². The Bertz CT molecular complexity index is 1390. The lowest BCUT2D eigenvalue weighted by atomic mass is 9.57. The maximum absolute atomic E-state index is 12.8. The molecule has 47 heavy (non-hydrogen) atoms. The molecule has 12 heteroatoms. The molecule has 2 aromatic rings. The fourth-order valence-corrected chi connectivity index (χ4v) is 8.63. The molecular formula is C35H51F3N6O2Si. The Morgan fingerprint density at radius 3 is 2.26 bits per heavy atom. The SMILES string of the molecule is CC(C)(C)[Si](C)(C)OC1CCC(CNC23CCC(CNc4nc(NCc5ccccc5OC(F)(F)F)ncc4C#N)(CC2)CC3)CC1. The van der Waals surface area contributed by atoms with Crippen LogP contribution < -0.4 is 20.7 Å². The summed E-state index contributed by atoms with van der Waals surface area (Å²) in [5.41, 5.74) is 1.03. The number of halogens is 3. The normalized spacial score (nSPS) is 26.4. The van der Waals surface area contributed by atoms with Crippen molar-refractivity contribution in [2.75, 3.05) is 23.7 Å². The molecule has 4 aliphatic carbocycles. The summed E-state index contributed by atoms with van der Waals surface area (Å²) in [6.07, 6.45) is 8.71. The molecule has 0 saturated heterocycles. The Hall–Kier alpha value is -2.88. The summed E-state index contributed by atoms with van der Waals surface area (Å²) in [6.45, 7) is 13.5. The number of nitrogens with zero attached hydrogens (tertiary/aromatic N) is 3. The Balaban J connectivity index is 1.10. The van der Waals surface area contributed by atoms with Crippen LogP contribution in [-0.2, 0) is 11.0 Å². The van der Waals surface area contributed by atoms with Crippen LogP contribution in [0.25, 0.3) is 0 Å². The van der Waals surface area contributed by atoms with Crippen molar-refractivity contribution in [3.8, 4) is 11.8 Å². The predicted molar refractivity (Wildman–Crippen MR) is 181 cm³/mol. The van der Waals surface area contributed by atoms with E-state index in [4.69, 9.17) is 4.43 Å². The molecule has 1 aromatic carbocycles. The van der Waals surface area contributed by atoms with Crippen molar-refractivity contribution in [2.24, 2.45) is 11.3 Å². The van der Waals surface area contributed by atoms with Gasteiger partial charge in [-0.25, -0.2) is 4.98 Å². The highest BCUT2D eigenvalue weighted by atomic mass is 28.4. The van der Waals surface area contributed by atoms with Gasteiger partial charge in [-0.05, 0) is 106 Å². The van der Waals surface area contributed by atoms with Crippen LogP contribution in [0.2, 0.25) is 18.1 Å². The summed E-state index contributed by atoms with van der Waals surface area (Å²) in [7, 11) is -1.72. The second kappa shape index (κ2) is 13.9. The second-order valence-corrected chi connectivity index (χ2v) is 20.4. The average molecular weight is 673 g/mol. The zero-order valence-electron chi connectivity index (χ0n) is 28.5. The first-order valence-corrected chi connectivity index (χ1v) is 20.0. The number of ether oxygens (including phenoxy) is 1. The summed E-state index contributed by atoms with van der Waals surface area (Å²) >= 11 is 0. The molecule has 3 N–H and O–H groups in total. The van der Waals surface area contributed by atoms with E-state index in [0.29, 0.717) is 29.6 Å². The Labute approximate surface area is 278 Å². The van der Waals surface area contributed by atoms with Gasteiger partial charge in [0, 0.05) is 30.3 Å². The van der Waals surface area contributed by atoms with Crippen LogP contribution in [0.3, 0.4) is 0 Å². The van der Waals surface area contributed by atoms with Crippen LogP contribution in [0, 0.1) is 22.7 Å². The van der Waals surface area contributed by atoms with Crippen molar-refractivity contribution in [2.45, 2.75) is 128 Å². The molecule has 0 radical (unpaired) electrons. The van der Waals surface area contributed by atoms with Crippen molar-refractivity contribution in [1.29, 1.82) is 5.26 Å². The number of nitriles is 1. The smallest absolute Gasteiger partial charge is 0.414 e. The maximum atomic E-state index is 12.8. The molecule has 0 unspecified atom stereocenters. The lowest BCUT2D eigenvalue weighted by molar-refractivity contribution is -0.274. The molecule has 0 spiro atoms. The number of benzene rings is 1. The summed E-state index contributed by atoms with van der Waals surface area (Å²) in [5.74, 6) is 1.10. The lowest BCUT2D eigenvalue weighted by Gasteiger charge is -2.54. The minimum atomic E-state index is -4.79. The number of rotatable bonds is 12. The zero-order valence-corrected chi connectivity index (χ0v) is 29.5. The molecule has 4 saturated carbocycles. The fourth-order valence-electron chi connectivity index (χ4n) is 7.20. The van der Waals surface area contributed by atoms with E-state index >= 15 is 0 Å². The van der Waals surface area contributed by atoms with Gasteiger partial charge in [0.15, 0.2) is 8.32 Å². The van der Waals surface area contributed by atoms with Crippen LogP contribution in [0.5, 0.6) is 5.75 Å². The molecule has 4 aliphatic rings. The summed E-state index contributed by atoms with van der Waals surface area (Å²) < 4.78 is 49.3. The highest BCUT2D eigenvalue weighted by molar-refractivity contribution is 6.74. The number of nitrogens with one attached hydrogen (secondary N) is 3. The molecule has 258 valence electrons. The van der Waals surface area contributed by atoms with Gasteiger partial charge in [-0.1, -0.05) is 39.0 Å². The van der Waals surface area contributed by atoms with E-state index in [1.165, 1.54) is 44.0 Å². The first-order chi connectivity index (χ1) is 22.1. The molecule has 8 nitrogen and oxygen atoms in total. The van der Waals surface area contributed by atoms with E-state index in [9.17, 15) is 18.4 Å². The number of hydrogen-bond donors (Lipinski definition) is 3. The Morgan fingerprint density at radius 2 is 1.64 bits per heavy atom. The number of alkyl halides is 3. The highest BCUT2D eigenvalue weighted by Crippen LogP contribution is 2.52. The largest absolute Gasteiger partial charge is 0.573 e. The molecule has 4 fully saturated rings. The molecule has 1 heterocycles. The second-order valence-electron chi connectivity index (χ2n) is 15.6. The van der Waals surface area contributed by atoms with Crippen LogP contribution in [0.15, 0.2) is 30.5 Å². The van der Waals surface area contributed by atoms with Crippen LogP contribution in [0.4, 0.5) is 24.9 Å². The third-order valence-electron chi connectivity index (χ3n) is 11.4. The van der Waals surface area contributed by atoms with Gasteiger partial charge in [-0.3, -0.25) is 0 Å². The fraction of sp³-hybridized carbons (Fsp3) is 0.686. The summed E-state index contributed by atoms with van der Waals surface area (Å²) in [5, 5.41) is 20.4. The quantitative estimate of drug-likeness (QED) is 0.193. The van der Waals surface area contributed by atoms with E-state index < -0.39 is 14.7 Å². The first-order valence-electron chi connectivity index (χ1n) is 17.1. The number of para-hydroxylation sites is 1. The molecule has 0 aliphatic heterocycles. The van der Waals surface area contributed by atoms with Gasteiger partial charge in [-0.2, -0.15) is 10.2 Å². The number of hydrogen-bond acceptors (Lipinski definition) is 8. The molecular weight excluding hydrogens is 622 g/mol. The van der Waals surface area contributed by atoms with Gasteiger partial charge < -0.3 is 25.1 Å². The molecule has 6 rings (SSSR count). The standard InChI is InChI=1S/C35H51F3N6O2Si/c1-32(2,3)47(4,5)46-28-12-10-25(11-13-28)21-43-34-17-14-33(15-18-34,16-19-34)24-42-30-27(20-39)23-41-31(44-30)40-22-26-8-6-7-9-29(26)45-35(36,37)38/h6-9,23,25,28,43H,10-19,21-22,24H2,1-5H3,(H2,40,41,42,44). The van der Waals surface area contributed by atoms with Gasteiger partial charge >= 0.3 is 6.36 Å². The van der Waals surface area contributed by atoms with E-state index in [1.54, 1.807) is 12.1 Å². The minimum absolute atomic E-state index is 0.0305. The molecule has 0 amide bonds. The number of fused-ring (bicyclic) bond motifs is 3. The van der Waals surface area contributed by atoms with E-state index in [2.05, 4.69) is 70.6 Å². The van der Waals surface area contributed by atoms with Gasteiger partial charge in [0.05, 0.1) is 6.20 Å². The van der Waals surface area contributed by atoms with Crippen molar-refractivity contribution in [3.63, 3.8) is 0 Å². The minimum Gasteiger partial charge on any atom is -0.414 e. The Morgan fingerprint density at radius 1 is 0.979 bits per heavy atom. The van der Waals surface area contributed by atoms with Gasteiger partial charge in [0.2, 0.25) is 5.95 Å². The average Bonchev–Trinajstić information content (AvgIpc) is 3.03. The van der Waals surface area contributed by atoms with Gasteiger partial charge in [0.1, 0.15) is 23.2 Å². The van der Waals surface area contributed by atoms with Crippen LogP contribution >= 0.6 is 0 Å². The van der Waals surface area contributed by atoms with E-state index in [-0.39, 0.29) is 34.2 Å². The molecule has 0 atom stereocenters. The lowest BCUT2D eigenvalue weighted by Crippen LogP contribution is -2.57. The zero-order chi connectivity index (χ0) is 33.9. The topological polar surface area (TPSA) is 104 Å². The van der Waals surface area contributed by atoms with Gasteiger partial charge in [0.25, 0.3) is 0 Å². The van der Waals surface area contributed by atoms with Crippen molar-refractivity contribution >= 4 is 20.1 Å². The molecule has 1 aromatic heterocycles. The third-order valence-corrected chi connectivity index (χ3v) is 15.9. The number of aromatic nitrogens is 2. The van der Waals surface area contributed by atoms with Gasteiger partial charge in [-0.15, -0.1) is 13.2 Å². The summed E-state index contributed by atoms with van der Waals surface area (Å²) in [6, 6.07) is 8.10. The van der Waals surface area contributed by atoms with Crippen molar-refractivity contribution in [3.05, 3.63) is 41.6 Å². The van der Waals surface area contributed by atoms with Crippen molar-refractivity contribution in [1.82, 2.24) is 15.3 Å². The third kappa shape index (κ3) is 8.98. The summed E-state index contributed by atoms with van der Waals surface area (Å²) in [4.78, 5) is 8.72. The monoisotopic (exact) mass is 672 g/mol. The van der Waals surface area contributed by atoms with Crippen molar-refractivity contribution < 1.29 is 22.3 Å². The van der Waals surface area contributed by atoms with E-state index in [0.717, 1.165) is 51.0 Å². The maximum Gasteiger partial charge on any atom is 0.573 e. The Kier molecular flexibility index (Phi) is 10.5. The molecule has 2 bridgehead atoms. The van der Waals surface area contributed by atoms with E-state index in [1.807, 2.05) is 0 Å². The predicted octanol–water partition coefficient (Wildman–Crippen LogP) is 8.53.